The summed E-state index contributed by atoms with van der Waals surface area (Å²) in [4.78, 5) is 22.5. The van der Waals surface area contributed by atoms with Gasteiger partial charge in [0.1, 0.15) is 6.79 Å². The van der Waals surface area contributed by atoms with Crippen molar-refractivity contribution in [3.05, 3.63) is 106 Å². The summed E-state index contributed by atoms with van der Waals surface area (Å²) < 4.78 is 5.80. The third-order valence-corrected chi connectivity index (χ3v) is 6.01. The normalized spacial score (nSPS) is 10.1. The number of carbonyl (C=O) groups is 1. The number of nitrogens with zero attached hydrogens (tertiary/aromatic N) is 2. The largest absolute Gasteiger partial charge is 0.388 e. The number of methoxy groups -OCH3 is 1. The summed E-state index contributed by atoms with van der Waals surface area (Å²) in [6.07, 6.45) is 0. The van der Waals surface area contributed by atoms with Gasteiger partial charge in [-0.3, -0.25) is 4.79 Å². The van der Waals surface area contributed by atoms with E-state index < -0.39 is 0 Å². The molecule has 5 rings (SSSR count). The number of hydrogen-bond acceptors (Lipinski definition) is 5. The number of benzene rings is 3. The third-order valence-electron chi connectivity index (χ3n) is 5.10. The molecule has 0 fully saturated rings. The Hall–Kier alpha value is -3.87. The Labute approximate surface area is 202 Å². The van der Waals surface area contributed by atoms with Crippen molar-refractivity contribution in [3.8, 4) is 27.4 Å². The highest BCUT2D eigenvalue weighted by Gasteiger charge is 2.15. The van der Waals surface area contributed by atoms with Gasteiger partial charge in [-0.1, -0.05) is 66.7 Å². The van der Waals surface area contributed by atoms with E-state index in [0.29, 0.717) is 5.39 Å². The molecule has 0 aliphatic heterocycles. The highest BCUT2D eigenvalue weighted by atomic mass is 32.1. The van der Waals surface area contributed by atoms with Gasteiger partial charge in [-0.2, -0.15) is 9.78 Å². The maximum absolute atomic E-state index is 13.4. The van der Waals surface area contributed by atoms with Crippen molar-refractivity contribution in [1.29, 1.82) is 0 Å². The summed E-state index contributed by atoms with van der Waals surface area (Å²) in [5.74, 6) is 0. The molecular formula is C28H26N2O3S. The van der Waals surface area contributed by atoms with Crippen molar-refractivity contribution < 1.29 is 9.53 Å². The van der Waals surface area contributed by atoms with E-state index in [-0.39, 0.29) is 5.56 Å². The van der Waals surface area contributed by atoms with Gasteiger partial charge in [-0.15, -0.1) is 11.3 Å². The molecule has 6 heteroatoms. The Morgan fingerprint density at radius 3 is 2.12 bits per heavy atom. The van der Waals surface area contributed by atoms with Crippen LogP contribution in [0.2, 0.25) is 0 Å². The second-order valence-corrected chi connectivity index (χ2v) is 8.31. The first-order valence-corrected chi connectivity index (χ1v) is 11.4. The lowest BCUT2D eigenvalue weighted by atomic mass is 10.0. The van der Waals surface area contributed by atoms with Crippen LogP contribution in [0.15, 0.2) is 95.1 Å². The molecule has 2 aromatic heterocycles. The summed E-state index contributed by atoms with van der Waals surface area (Å²) in [6.45, 7) is 4.01. The Bertz CT molecular complexity index is 1410. The average molecular weight is 471 g/mol. The van der Waals surface area contributed by atoms with Gasteiger partial charge in [0.15, 0.2) is 0 Å². The Morgan fingerprint density at radius 2 is 1.47 bits per heavy atom. The molecule has 0 bridgehead atoms. The first kappa shape index (κ1) is 24.8. The van der Waals surface area contributed by atoms with E-state index in [4.69, 9.17) is 9.89 Å². The summed E-state index contributed by atoms with van der Waals surface area (Å²) in [7, 11) is 3.25. The predicted octanol–water partition coefficient (Wildman–Crippen LogP) is 6.17. The van der Waals surface area contributed by atoms with Gasteiger partial charge in [0.05, 0.1) is 16.8 Å². The summed E-state index contributed by atoms with van der Waals surface area (Å²) in [5.41, 5.74) is 4.60. The van der Waals surface area contributed by atoms with E-state index >= 15 is 0 Å². The molecule has 0 saturated carbocycles. The van der Waals surface area contributed by atoms with Crippen LogP contribution >= 0.6 is 11.3 Å². The topological polar surface area (TPSA) is 61.2 Å². The molecule has 172 valence electrons. The molecule has 0 unspecified atom stereocenters. The molecule has 0 radical (unpaired) electrons. The van der Waals surface area contributed by atoms with Crippen molar-refractivity contribution in [2.24, 2.45) is 0 Å². The van der Waals surface area contributed by atoms with E-state index in [1.165, 1.54) is 4.88 Å². The summed E-state index contributed by atoms with van der Waals surface area (Å²) in [6, 6.07) is 28.0. The lowest BCUT2D eigenvalue weighted by molar-refractivity contribution is -0.0979. The van der Waals surface area contributed by atoms with E-state index in [0.717, 1.165) is 33.5 Å². The number of hydrogen-bond donors (Lipinski definition) is 0. The zero-order valence-electron chi connectivity index (χ0n) is 19.4. The van der Waals surface area contributed by atoms with Crippen molar-refractivity contribution >= 4 is 28.9 Å². The molecule has 0 N–H and O–H groups in total. The van der Waals surface area contributed by atoms with Gasteiger partial charge < -0.3 is 9.53 Å². The lowest BCUT2D eigenvalue weighted by Gasteiger charge is -2.14. The van der Waals surface area contributed by atoms with Gasteiger partial charge in [-0.25, -0.2) is 0 Å². The molecule has 0 saturated heterocycles. The molecule has 0 spiro atoms. The maximum Gasteiger partial charge on any atom is 0.279 e. The number of ether oxygens (including phenoxy) is 1. The van der Waals surface area contributed by atoms with Crippen LogP contribution in [0.5, 0.6) is 0 Å². The second-order valence-electron chi connectivity index (χ2n) is 7.36. The molecule has 2 heterocycles. The Balaban J connectivity index is 0.000000603. The van der Waals surface area contributed by atoms with Crippen LogP contribution in [0.4, 0.5) is 0 Å². The highest BCUT2D eigenvalue weighted by Crippen LogP contribution is 2.29. The first-order chi connectivity index (χ1) is 16.6. The average Bonchev–Trinajstić information content (AvgIpc) is 3.42. The van der Waals surface area contributed by atoms with Crippen LogP contribution in [0.1, 0.15) is 5.56 Å². The highest BCUT2D eigenvalue weighted by molar-refractivity contribution is 7.13. The molecule has 0 aliphatic carbocycles. The molecule has 3 aromatic carbocycles. The molecule has 5 aromatic rings. The predicted molar refractivity (Wildman–Crippen MR) is 141 cm³/mol. The van der Waals surface area contributed by atoms with Crippen LogP contribution in [0.25, 0.3) is 38.2 Å². The molecule has 5 nitrogen and oxygen atoms in total. The van der Waals surface area contributed by atoms with Crippen LogP contribution < -0.4 is 5.56 Å². The minimum Gasteiger partial charge on any atom is -0.388 e. The van der Waals surface area contributed by atoms with Gasteiger partial charge in [-0.05, 0) is 41.6 Å². The number of aromatic nitrogens is 2. The molecule has 34 heavy (non-hydrogen) atoms. The second kappa shape index (κ2) is 11.8. The molecule has 0 aliphatic rings. The Kier molecular flexibility index (Phi) is 8.62. The van der Waals surface area contributed by atoms with Crippen molar-refractivity contribution in [2.45, 2.75) is 6.92 Å². The standard InChI is InChI=1S/C25H18N2OS.C2H6O.CH2O/c1-17-13-14-19(23-12-7-15-29-23)16-22(17)27-25(28)21-11-6-5-10-20(21)24(26-27)18-8-3-2-4-9-18;1-3-2;1-2/h2-16H,1H3;1-2H3;1H2. The fourth-order valence-electron chi connectivity index (χ4n) is 3.60. The zero-order valence-corrected chi connectivity index (χ0v) is 20.2. The minimum atomic E-state index is -0.105. The number of thiophene rings is 1. The van der Waals surface area contributed by atoms with Crippen LogP contribution in [-0.4, -0.2) is 30.8 Å². The number of fused-ring (bicyclic) bond motifs is 1. The fraction of sp³-hybridized carbons (Fsp3) is 0.107. The van der Waals surface area contributed by atoms with Crippen molar-refractivity contribution in [1.82, 2.24) is 9.78 Å². The van der Waals surface area contributed by atoms with Gasteiger partial charge in [0.2, 0.25) is 0 Å². The maximum atomic E-state index is 13.4. The summed E-state index contributed by atoms with van der Waals surface area (Å²) >= 11 is 1.68. The zero-order chi connectivity index (χ0) is 24.5. The molecule has 0 amide bonds. The fourth-order valence-corrected chi connectivity index (χ4v) is 4.32. The van der Waals surface area contributed by atoms with Crippen LogP contribution in [0.3, 0.4) is 0 Å². The number of carbonyl (C=O) groups excluding carboxylic acids is 1. The van der Waals surface area contributed by atoms with E-state index in [2.05, 4.69) is 34.4 Å². The number of rotatable bonds is 3. The smallest absolute Gasteiger partial charge is 0.279 e. The molecule has 0 atom stereocenters. The van der Waals surface area contributed by atoms with Gasteiger partial charge >= 0.3 is 0 Å². The Morgan fingerprint density at radius 1 is 0.824 bits per heavy atom. The quantitative estimate of drug-likeness (QED) is 0.316. The summed E-state index contributed by atoms with van der Waals surface area (Å²) in [5, 5.41) is 8.43. The molecular weight excluding hydrogens is 444 g/mol. The monoisotopic (exact) mass is 470 g/mol. The van der Waals surface area contributed by atoms with Crippen molar-refractivity contribution in [2.75, 3.05) is 14.2 Å². The minimum absolute atomic E-state index is 0.105. The van der Waals surface area contributed by atoms with Gasteiger partial charge in [0.25, 0.3) is 5.56 Å². The van der Waals surface area contributed by atoms with E-state index in [9.17, 15) is 4.79 Å². The van der Waals surface area contributed by atoms with Crippen molar-refractivity contribution in [3.63, 3.8) is 0 Å². The van der Waals surface area contributed by atoms with Gasteiger partial charge in [0, 0.05) is 30.0 Å². The number of aryl methyl sites for hydroxylation is 1. The van der Waals surface area contributed by atoms with Crippen LogP contribution in [0, 0.1) is 6.92 Å². The lowest BCUT2D eigenvalue weighted by Crippen LogP contribution is -2.23. The van der Waals surface area contributed by atoms with E-state index in [1.54, 1.807) is 30.2 Å². The van der Waals surface area contributed by atoms with Crippen LogP contribution in [-0.2, 0) is 9.53 Å². The third kappa shape index (κ3) is 5.20. The van der Waals surface area contributed by atoms with E-state index in [1.807, 2.05) is 74.4 Å². The first-order valence-electron chi connectivity index (χ1n) is 10.6. The SMILES string of the molecule is C=O.COC.Cc1ccc(-c2cccs2)cc1-n1nc(-c2ccccc2)c2ccccc2c1=O.